The first-order chi connectivity index (χ1) is 24.6. The number of allylic oxidation sites excluding steroid dienone is 2. The number of rotatable bonds is 18. The summed E-state index contributed by atoms with van der Waals surface area (Å²) < 4.78 is 6.06. The number of ether oxygens (including phenoxy) is 1. The number of hydrogen-bond donors (Lipinski definition) is 1. The first-order valence-electron chi connectivity index (χ1n) is 22.7. The quantitative estimate of drug-likeness (QED) is 0.113. The summed E-state index contributed by atoms with van der Waals surface area (Å²) in [4.78, 5) is 28.4. The van der Waals surface area contributed by atoms with Gasteiger partial charge in [0.2, 0.25) is 0 Å². The van der Waals surface area contributed by atoms with E-state index in [2.05, 4.69) is 61.5 Å². The number of esters is 1. The molecule has 298 valence electrons. The Kier molecular flexibility index (Phi) is 13.7. The van der Waals surface area contributed by atoms with Crippen LogP contribution in [0.15, 0.2) is 11.6 Å². The molecule has 0 radical (unpaired) electrons. The Morgan fingerprint density at radius 1 is 0.712 bits per heavy atom. The highest BCUT2D eigenvalue weighted by molar-refractivity contribution is 5.95. The van der Waals surface area contributed by atoms with Gasteiger partial charge in [0.05, 0.1) is 18.1 Å². The molecule has 0 aromatic carbocycles. The molecular formula is C48H82O4. The first-order valence-corrected chi connectivity index (χ1v) is 22.7. The molecule has 0 saturated heterocycles. The summed E-state index contributed by atoms with van der Waals surface area (Å²) in [5, 5.41) is 11.0. The molecule has 3 unspecified atom stereocenters. The zero-order valence-corrected chi connectivity index (χ0v) is 35.4. The molecule has 52 heavy (non-hydrogen) atoms. The number of fused-ring (bicyclic) bond motifs is 7. The van der Waals surface area contributed by atoms with E-state index in [-0.39, 0.29) is 51.0 Å². The maximum absolute atomic E-state index is 14.6. The molecule has 5 aliphatic rings. The molecule has 0 aromatic rings. The lowest BCUT2D eigenvalue weighted by molar-refractivity contribution is -0.202. The third-order valence-electron chi connectivity index (χ3n) is 17.3. The van der Waals surface area contributed by atoms with Crippen LogP contribution in [-0.2, 0) is 14.3 Å². The van der Waals surface area contributed by atoms with Crippen molar-refractivity contribution in [3.05, 3.63) is 11.6 Å². The molecule has 4 saturated carbocycles. The van der Waals surface area contributed by atoms with Crippen LogP contribution in [0.25, 0.3) is 0 Å². The Morgan fingerprint density at radius 3 is 1.83 bits per heavy atom. The molecule has 0 bridgehead atoms. The third-order valence-corrected chi connectivity index (χ3v) is 17.3. The normalized spacial score (nSPS) is 39.5. The zero-order chi connectivity index (χ0) is 37.8. The second-order valence-corrected chi connectivity index (χ2v) is 21.1. The minimum Gasteiger partial charge on any atom is -0.465 e. The summed E-state index contributed by atoms with van der Waals surface area (Å²) in [6.45, 7) is 19.3. The largest absolute Gasteiger partial charge is 0.465 e. The average Bonchev–Trinajstić information content (AvgIpc) is 3.09. The molecule has 5 rings (SSSR count). The van der Waals surface area contributed by atoms with Gasteiger partial charge in [0.1, 0.15) is 0 Å². The molecule has 5 aliphatic carbocycles. The minimum atomic E-state index is -0.494. The van der Waals surface area contributed by atoms with Gasteiger partial charge >= 0.3 is 5.97 Å². The number of carbonyl (C=O) groups is 2. The number of aliphatic hydroxyl groups is 1. The molecule has 0 amide bonds. The van der Waals surface area contributed by atoms with Crippen LogP contribution in [0, 0.1) is 50.2 Å². The second-order valence-electron chi connectivity index (χ2n) is 21.1. The van der Waals surface area contributed by atoms with Crippen molar-refractivity contribution in [3.8, 4) is 0 Å². The van der Waals surface area contributed by atoms with Gasteiger partial charge in [-0.25, -0.2) is 0 Å². The zero-order valence-electron chi connectivity index (χ0n) is 35.4. The molecule has 0 spiro atoms. The predicted molar refractivity (Wildman–Crippen MR) is 216 cm³/mol. The summed E-state index contributed by atoms with van der Waals surface area (Å²) in [6, 6.07) is 0. The number of hydrogen-bond acceptors (Lipinski definition) is 4. The van der Waals surface area contributed by atoms with Crippen molar-refractivity contribution < 1.29 is 19.4 Å². The number of carbonyl (C=O) groups excluding carboxylic acids is 2. The average molecular weight is 723 g/mol. The Morgan fingerprint density at radius 2 is 1.25 bits per heavy atom. The molecule has 0 aliphatic heterocycles. The third kappa shape index (κ3) is 8.05. The van der Waals surface area contributed by atoms with E-state index >= 15 is 0 Å². The van der Waals surface area contributed by atoms with Gasteiger partial charge in [-0.05, 0) is 116 Å². The second kappa shape index (κ2) is 16.9. The lowest BCUT2D eigenvalue weighted by Gasteiger charge is -2.70. The van der Waals surface area contributed by atoms with E-state index in [1.54, 1.807) is 0 Å². The van der Waals surface area contributed by atoms with Gasteiger partial charge in [-0.3, -0.25) is 9.59 Å². The first kappa shape index (κ1) is 42.0. The fraction of sp³-hybridized carbons (Fsp3) is 0.917. The van der Waals surface area contributed by atoms with Gasteiger partial charge in [0.15, 0.2) is 5.78 Å². The number of unbranched alkanes of at least 4 members (excludes halogenated alkanes) is 15. The maximum atomic E-state index is 14.6. The van der Waals surface area contributed by atoms with Crippen LogP contribution in [0.5, 0.6) is 0 Å². The van der Waals surface area contributed by atoms with Crippen molar-refractivity contribution in [1.82, 2.24) is 0 Å². The minimum absolute atomic E-state index is 0.00868. The molecular weight excluding hydrogens is 641 g/mol. The van der Waals surface area contributed by atoms with E-state index in [9.17, 15) is 14.7 Å². The fourth-order valence-corrected chi connectivity index (χ4v) is 13.3. The van der Waals surface area contributed by atoms with E-state index < -0.39 is 5.41 Å². The smallest absolute Gasteiger partial charge is 0.311 e. The lowest BCUT2D eigenvalue weighted by Crippen LogP contribution is -2.66. The van der Waals surface area contributed by atoms with Crippen LogP contribution >= 0.6 is 0 Å². The van der Waals surface area contributed by atoms with Crippen LogP contribution in [0.3, 0.4) is 0 Å². The van der Waals surface area contributed by atoms with Crippen molar-refractivity contribution in [2.75, 3.05) is 6.61 Å². The fourth-order valence-electron chi connectivity index (χ4n) is 13.3. The number of ketones is 1. The van der Waals surface area contributed by atoms with E-state index in [1.165, 1.54) is 95.5 Å². The Bertz CT molecular complexity index is 1250. The van der Waals surface area contributed by atoms with Crippen LogP contribution in [0.2, 0.25) is 0 Å². The lowest BCUT2D eigenvalue weighted by atomic mass is 9.33. The van der Waals surface area contributed by atoms with Crippen molar-refractivity contribution in [2.45, 2.75) is 222 Å². The monoisotopic (exact) mass is 723 g/mol. The highest BCUT2D eigenvalue weighted by atomic mass is 16.5. The topological polar surface area (TPSA) is 63.6 Å². The predicted octanol–water partition coefficient (Wildman–Crippen LogP) is 13.1. The van der Waals surface area contributed by atoms with Crippen molar-refractivity contribution >= 4 is 11.8 Å². The SMILES string of the molecule is CCCCCCCCCCCCCCCCCCOC(=O)[C@@]1(C)CC[C@]2(C)CCC3(C)C(=CC(=O)[C@@H]4[C@@]5(C)CC[C@H](O)C(C)(C)C5CC[C@]43C)C2C1. The summed E-state index contributed by atoms with van der Waals surface area (Å²) in [5.74, 6) is 0.899. The van der Waals surface area contributed by atoms with Crippen molar-refractivity contribution in [1.29, 1.82) is 0 Å². The molecule has 0 heterocycles. The molecule has 9 atom stereocenters. The van der Waals surface area contributed by atoms with Crippen LogP contribution in [0.1, 0.15) is 216 Å². The van der Waals surface area contributed by atoms with Gasteiger partial charge in [-0.15, -0.1) is 0 Å². The van der Waals surface area contributed by atoms with E-state index in [0.29, 0.717) is 18.3 Å². The molecule has 0 aromatic heterocycles. The van der Waals surface area contributed by atoms with Gasteiger partial charge in [-0.1, -0.05) is 150 Å². The van der Waals surface area contributed by atoms with Crippen molar-refractivity contribution in [3.63, 3.8) is 0 Å². The van der Waals surface area contributed by atoms with Crippen LogP contribution in [0.4, 0.5) is 0 Å². The Labute approximate surface area is 320 Å². The maximum Gasteiger partial charge on any atom is 0.311 e. The van der Waals surface area contributed by atoms with Crippen LogP contribution in [-0.4, -0.2) is 29.6 Å². The van der Waals surface area contributed by atoms with Gasteiger partial charge in [0, 0.05) is 5.92 Å². The highest BCUT2D eigenvalue weighted by Gasteiger charge is 2.70. The van der Waals surface area contributed by atoms with Gasteiger partial charge in [-0.2, -0.15) is 0 Å². The summed E-state index contributed by atoms with van der Waals surface area (Å²) in [6.07, 6.45) is 32.1. The molecule has 4 heteroatoms. The van der Waals surface area contributed by atoms with Gasteiger partial charge in [0.25, 0.3) is 0 Å². The summed E-state index contributed by atoms with van der Waals surface area (Å²) in [5.41, 5.74) is 0.546. The van der Waals surface area contributed by atoms with Crippen molar-refractivity contribution in [2.24, 2.45) is 50.2 Å². The molecule has 4 fully saturated rings. The highest BCUT2D eigenvalue weighted by Crippen LogP contribution is 2.75. The molecule has 4 nitrogen and oxygen atoms in total. The van der Waals surface area contributed by atoms with E-state index in [0.717, 1.165) is 70.6 Å². The Hall–Kier alpha value is -1.16. The van der Waals surface area contributed by atoms with E-state index in [4.69, 9.17) is 4.74 Å². The summed E-state index contributed by atoms with van der Waals surface area (Å²) in [7, 11) is 0. The number of aliphatic hydroxyl groups excluding tert-OH is 1. The standard InChI is InChI=1S/C48H82O4/c1-9-10-11-12-13-14-15-16-17-18-19-20-21-22-23-24-33-52-42(51)45(5)30-29-44(4)31-32-47(7)36(37(44)35-45)34-38(49)41-46(6)27-26-40(50)43(2,3)39(46)25-28-48(41,47)8/h34,37,39-41,50H,9-33,35H2,1-8H3/t37?,39?,40-,41+,44+,45-,46-,47?,48+/m0/s1. The Balaban J connectivity index is 1.10. The summed E-state index contributed by atoms with van der Waals surface area (Å²) >= 11 is 0. The van der Waals surface area contributed by atoms with E-state index in [1.807, 2.05) is 0 Å². The van der Waals surface area contributed by atoms with Gasteiger partial charge < -0.3 is 9.84 Å². The van der Waals surface area contributed by atoms with Crippen LogP contribution < -0.4 is 0 Å². The molecule has 1 N–H and O–H groups in total.